The Morgan fingerprint density at radius 3 is 2.45 bits per heavy atom. The lowest BCUT2D eigenvalue weighted by molar-refractivity contribution is 0.581. The molecule has 2 rings (SSSR count). The topological polar surface area (TPSA) is 12.0 Å². The van der Waals surface area contributed by atoms with Crippen molar-refractivity contribution in [3.8, 4) is 0 Å². The first-order valence-corrected chi connectivity index (χ1v) is 7.42. The van der Waals surface area contributed by atoms with Crippen molar-refractivity contribution >= 4 is 11.8 Å². The summed E-state index contributed by atoms with van der Waals surface area (Å²) < 4.78 is 26.2. The Labute approximate surface area is 122 Å². The maximum atomic E-state index is 13.1. The first-order valence-electron chi connectivity index (χ1n) is 6.43. The molecule has 0 aliphatic carbocycles. The molecule has 1 nitrogen and oxygen atoms in total. The highest BCUT2D eigenvalue weighted by Gasteiger charge is 2.05. The second kappa shape index (κ2) is 6.86. The molecule has 0 bridgehead atoms. The van der Waals surface area contributed by atoms with Crippen LogP contribution in [0.2, 0.25) is 0 Å². The SMILES string of the molecule is CNC(C)c1cccc(SCc2cc(F)cc(F)c2)c1. The highest BCUT2D eigenvalue weighted by Crippen LogP contribution is 2.26. The summed E-state index contributed by atoms with van der Waals surface area (Å²) in [5.74, 6) is -0.511. The van der Waals surface area contributed by atoms with E-state index in [1.807, 2.05) is 19.2 Å². The number of nitrogens with one attached hydrogen (secondary N) is 1. The summed E-state index contributed by atoms with van der Waals surface area (Å²) in [5.41, 5.74) is 1.85. The molecule has 0 aliphatic heterocycles. The fraction of sp³-hybridized carbons (Fsp3) is 0.250. The van der Waals surface area contributed by atoms with Crippen molar-refractivity contribution in [2.45, 2.75) is 23.6 Å². The molecule has 1 unspecified atom stereocenters. The van der Waals surface area contributed by atoms with Crippen LogP contribution >= 0.6 is 11.8 Å². The molecular weight excluding hydrogens is 276 g/mol. The van der Waals surface area contributed by atoms with Gasteiger partial charge in [-0.05, 0) is 49.4 Å². The van der Waals surface area contributed by atoms with Gasteiger partial charge in [-0.1, -0.05) is 12.1 Å². The molecule has 2 aromatic rings. The Hall–Kier alpha value is -1.39. The van der Waals surface area contributed by atoms with E-state index < -0.39 is 11.6 Å². The van der Waals surface area contributed by atoms with Crippen molar-refractivity contribution in [1.82, 2.24) is 5.32 Å². The monoisotopic (exact) mass is 293 g/mol. The van der Waals surface area contributed by atoms with Crippen LogP contribution in [-0.4, -0.2) is 7.05 Å². The standard InChI is InChI=1S/C16H17F2NS/c1-11(19-2)13-4-3-5-16(8-13)20-10-12-6-14(17)9-15(18)7-12/h3-9,11,19H,10H2,1-2H3. The lowest BCUT2D eigenvalue weighted by Gasteiger charge is -2.12. The predicted molar refractivity (Wildman–Crippen MR) is 79.8 cm³/mol. The van der Waals surface area contributed by atoms with E-state index >= 15 is 0 Å². The molecule has 20 heavy (non-hydrogen) atoms. The average molecular weight is 293 g/mol. The molecule has 0 saturated carbocycles. The molecule has 4 heteroatoms. The number of hydrogen-bond donors (Lipinski definition) is 1. The molecule has 1 N–H and O–H groups in total. The molecule has 1 atom stereocenters. The number of thioether (sulfide) groups is 1. The number of halogens is 2. The molecule has 0 spiro atoms. The van der Waals surface area contributed by atoms with Crippen molar-refractivity contribution in [2.24, 2.45) is 0 Å². The highest BCUT2D eigenvalue weighted by atomic mass is 32.2. The van der Waals surface area contributed by atoms with Crippen molar-refractivity contribution in [3.63, 3.8) is 0 Å². The number of hydrogen-bond acceptors (Lipinski definition) is 2. The van der Waals surface area contributed by atoms with Gasteiger partial charge in [-0.2, -0.15) is 0 Å². The maximum Gasteiger partial charge on any atom is 0.126 e. The highest BCUT2D eigenvalue weighted by molar-refractivity contribution is 7.98. The molecule has 0 fully saturated rings. The van der Waals surface area contributed by atoms with E-state index in [9.17, 15) is 8.78 Å². The average Bonchev–Trinajstić information content (AvgIpc) is 2.43. The van der Waals surface area contributed by atoms with Crippen molar-refractivity contribution in [1.29, 1.82) is 0 Å². The summed E-state index contributed by atoms with van der Waals surface area (Å²) in [6.07, 6.45) is 0. The summed E-state index contributed by atoms with van der Waals surface area (Å²) in [4.78, 5) is 1.09. The zero-order valence-electron chi connectivity index (χ0n) is 11.5. The molecule has 2 aromatic carbocycles. The predicted octanol–water partition coefficient (Wildman–Crippen LogP) is 4.54. The molecular formula is C16H17F2NS. The van der Waals surface area contributed by atoms with Gasteiger partial charge in [0.1, 0.15) is 11.6 Å². The van der Waals surface area contributed by atoms with Crippen molar-refractivity contribution < 1.29 is 8.78 Å². The largest absolute Gasteiger partial charge is 0.313 e. The van der Waals surface area contributed by atoms with Crippen LogP contribution in [0.25, 0.3) is 0 Å². The first kappa shape index (κ1) is 15.0. The van der Waals surface area contributed by atoms with Crippen LogP contribution in [0.4, 0.5) is 8.78 Å². The normalized spacial score (nSPS) is 12.4. The minimum absolute atomic E-state index is 0.280. The van der Waals surface area contributed by atoms with E-state index in [1.54, 1.807) is 11.8 Å². The molecule has 0 aromatic heterocycles. The van der Waals surface area contributed by atoms with Crippen LogP contribution in [0.15, 0.2) is 47.4 Å². The Bertz CT molecular complexity index is 566. The van der Waals surface area contributed by atoms with Gasteiger partial charge in [-0.3, -0.25) is 0 Å². The summed E-state index contributed by atoms with van der Waals surface area (Å²) >= 11 is 1.57. The third kappa shape index (κ3) is 4.05. The number of rotatable bonds is 5. The minimum Gasteiger partial charge on any atom is -0.313 e. The number of benzene rings is 2. The van der Waals surface area contributed by atoms with Crippen molar-refractivity contribution in [3.05, 3.63) is 65.2 Å². The molecule has 0 radical (unpaired) electrons. The molecule has 0 saturated heterocycles. The van der Waals surface area contributed by atoms with E-state index in [0.717, 1.165) is 11.0 Å². The zero-order chi connectivity index (χ0) is 14.5. The smallest absolute Gasteiger partial charge is 0.126 e. The van der Waals surface area contributed by atoms with Gasteiger partial charge >= 0.3 is 0 Å². The van der Waals surface area contributed by atoms with Gasteiger partial charge < -0.3 is 5.32 Å². The molecule has 0 heterocycles. The van der Waals surface area contributed by atoms with E-state index in [1.165, 1.54) is 17.7 Å². The summed E-state index contributed by atoms with van der Waals surface area (Å²) in [5, 5.41) is 3.19. The fourth-order valence-electron chi connectivity index (χ4n) is 1.90. The van der Waals surface area contributed by atoms with Crippen molar-refractivity contribution in [2.75, 3.05) is 7.05 Å². The van der Waals surface area contributed by atoms with E-state index in [0.29, 0.717) is 11.3 Å². The summed E-state index contributed by atoms with van der Waals surface area (Å²) in [6, 6.07) is 12.1. The van der Waals surface area contributed by atoms with E-state index in [-0.39, 0.29) is 6.04 Å². The van der Waals surface area contributed by atoms with Crippen LogP contribution in [0.1, 0.15) is 24.1 Å². The second-order valence-corrected chi connectivity index (χ2v) is 5.70. The van der Waals surface area contributed by atoms with Crippen LogP contribution in [0.5, 0.6) is 0 Å². The van der Waals surface area contributed by atoms with Gasteiger partial charge in [0, 0.05) is 22.8 Å². The Morgan fingerprint density at radius 2 is 1.80 bits per heavy atom. The quantitative estimate of drug-likeness (QED) is 0.812. The fourth-order valence-corrected chi connectivity index (χ4v) is 2.80. The molecule has 0 aliphatic rings. The van der Waals surface area contributed by atoms with Gasteiger partial charge in [-0.15, -0.1) is 11.8 Å². The van der Waals surface area contributed by atoms with Crippen LogP contribution in [0.3, 0.4) is 0 Å². The van der Waals surface area contributed by atoms with Gasteiger partial charge in [-0.25, -0.2) is 8.78 Å². The second-order valence-electron chi connectivity index (χ2n) is 4.65. The Kier molecular flexibility index (Phi) is 5.15. The zero-order valence-corrected chi connectivity index (χ0v) is 12.3. The van der Waals surface area contributed by atoms with E-state index in [2.05, 4.69) is 24.4 Å². The van der Waals surface area contributed by atoms with Crippen LogP contribution < -0.4 is 5.32 Å². The van der Waals surface area contributed by atoms with Gasteiger partial charge in [0.15, 0.2) is 0 Å². The summed E-state index contributed by atoms with van der Waals surface area (Å²) in [6.45, 7) is 2.09. The van der Waals surface area contributed by atoms with E-state index in [4.69, 9.17) is 0 Å². The first-order chi connectivity index (χ1) is 9.58. The third-order valence-corrected chi connectivity index (χ3v) is 4.18. The van der Waals surface area contributed by atoms with Gasteiger partial charge in [0.05, 0.1) is 0 Å². The Balaban J connectivity index is 2.07. The third-order valence-electron chi connectivity index (χ3n) is 3.12. The lowest BCUT2D eigenvalue weighted by atomic mass is 10.1. The summed E-state index contributed by atoms with van der Waals surface area (Å²) in [7, 11) is 1.92. The van der Waals surface area contributed by atoms with Gasteiger partial charge in [0.25, 0.3) is 0 Å². The lowest BCUT2D eigenvalue weighted by Crippen LogP contribution is -2.11. The molecule has 0 amide bonds. The Morgan fingerprint density at radius 1 is 1.10 bits per heavy atom. The van der Waals surface area contributed by atoms with Gasteiger partial charge in [0.2, 0.25) is 0 Å². The van der Waals surface area contributed by atoms with Crippen LogP contribution in [-0.2, 0) is 5.75 Å². The maximum absolute atomic E-state index is 13.1. The minimum atomic E-state index is -0.529. The van der Waals surface area contributed by atoms with Crippen LogP contribution in [0, 0.1) is 11.6 Å². The molecule has 106 valence electrons.